The maximum absolute atomic E-state index is 11.3. The Hall–Kier alpha value is -0.940. The molecule has 5 heteroatoms. The van der Waals surface area contributed by atoms with Crippen molar-refractivity contribution in [2.75, 3.05) is 32.6 Å². The van der Waals surface area contributed by atoms with Gasteiger partial charge in [0.2, 0.25) is 0 Å². The number of Topliss-reactive ketones (excluding diaryl/α,β-unsaturated/α-hetero) is 1. The first-order valence-electron chi connectivity index (χ1n) is 6.30. The lowest BCUT2D eigenvalue weighted by molar-refractivity contribution is 0.0683. The number of carbonyl (C=O) groups excluding carboxylic acids is 1. The average Bonchev–Trinajstić information content (AvgIpc) is 2.71. The summed E-state index contributed by atoms with van der Waals surface area (Å²) in [7, 11) is 6.36. The number of ketones is 1. The summed E-state index contributed by atoms with van der Waals surface area (Å²) in [6.45, 7) is 2.56. The minimum Gasteiger partial charge on any atom is -0.349 e. The fraction of sp³-hybridized carbons (Fsp3) is 0.692. The van der Waals surface area contributed by atoms with E-state index in [0.717, 1.165) is 16.6 Å². The largest absolute Gasteiger partial charge is 0.349 e. The SMILES string of the molecule is CC(=O)c1cnc(N(C)CC2(N(C)C)CCC2)s1. The quantitative estimate of drug-likeness (QED) is 0.767. The zero-order chi connectivity index (χ0) is 13.3. The van der Waals surface area contributed by atoms with Gasteiger partial charge in [-0.15, -0.1) is 0 Å². The Labute approximate surface area is 113 Å². The molecule has 4 nitrogen and oxygen atoms in total. The number of hydrogen-bond acceptors (Lipinski definition) is 5. The van der Waals surface area contributed by atoms with Gasteiger partial charge in [-0.3, -0.25) is 4.79 Å². The van der Waals surface area contributed by atoms with Crippen molar-refractivity contribution in [3.05, 3.63) is 11.1 Å². The molecular weight excluding hydrogens is 246 g/mol. The van der Waals surface area contributed by atoms with Crippen LogP contribution in [0.25, 0.3) is 0 Å². The Kier molecular flexibility index (Phi) is 3.73. The number of hydrogen-bond donors (Lipinski definition) is 0. The molecule has 1 saturated carbocycles. The zero-order valence-electron chi connectivity index (χ0n) is 11.6. The minimum atomic E-state index is 0.0955. The van der Waals surface area contributed by atoms with Crippen molar-refractivity contribution in [2.45, 2.75) is 31.7 Å². The highest BCUT2D eigenvalue weighted by Gasteiger charge is 2.40. The van der Waals surface area contributed by atoms with Crippen molar-refractivity contribution in [2.24, 2.45) is 0 Å². The highest BCUT2D eigenvalue weighted by atomic mass is 32.1. The first kappa shape index (κ1) is 13.5. The van der Waals surface area contributed by atoms with Gasteiger partial charge in [-0.2, -0.15) is 0 Å². The lowest BCUT2D eigenvalue weighted by Crippen LogP contribution is -2.56. The third-order valence-corrected chi connectivity index (χ3v) is 5.14. The van der Waals surface area contributed by atoms with E-state index >= 15 is 0 Å². The molecule has 0 saturated heterocycles. The van der Waals surface area contributed by atoms with E-state index in [4.69, 9.17) is 0 Å². The molecule has 0 N–H and O–H groups in total. The van der Waals surface area contributed by atoms with Crippen LogP contribution in [0.2, 0.25) is 0 Å². The Balaban J connectivity index is 2.06. The molecular formula is C13H21N3OS. The van der Waals surface area contributed by atoms with Gasteiger partial charge >= 0.3 is 0 Å². The summed E-state index contributed by atoms with van der Waals surface area (Å²) in [6.07, 6.45) is 5.48. The summed E-state index contributed by atoms with van der Waals surface area (Å²) in [6, 6.07) is 0. The molecule has 100 valence electrons. The van der Waals surface area contributed by atoms with E-state index in [1.165, 1.54) is 30.6 Å². The van der Waals surface area contributed by atoms with E-state index in [2.05, 4.69) is 35.9 Å². The fourth-order valence-corrected chi connectivity index (χ4v) is 3.22. The molecule has 0 radical (unpaired) electrons. The zero-order valence-corrected chi connectivity index (χ0v) is 12.4. The highest BCUT2D eigenvalue weighted by molar-refractivity contribution is 7.17. The second kappa shape index (κ2) is 4.97. The number of likely N-dealkylation sites (N-methyl/N-ethyl adjacent to an activating group) is 2. The molecule has 1 aliphatic rings. The Bertz CT molecular complexity index is 437. The van der Waals surface area contributed by atoms with E-state index < -0.39 is 0 Å². The molecule has 1 aliphatic carbocycles. The molecule has 1 aromatic heterocycles. The van der Waals surface area contributed by atoms with Crippen LogP contribution in [0.1, 0.15) is 35.9 Å². The normalized spacial score (nSPS) is 17.6. The van der Waals surface area contributed by atoms with Gasteiger partial charge in [0.25, 0.3) is 0 Å². The van der Waals surface area contributed by atoms with Crippen LogP contribution in [-0.4, -0.2) is 48.9 Å². The molecule has 0 amide bonds. The topological polar surface area (TPSA) is 36.4 Å². The summed E-state index contributed by atoms with van der Waals surface area (Å²) in [5.41, 5.74) is 0.288. The van der Waals surface area contributed by atoms with Crippen LogP contribution in [0.4, 0.5) is 5.13 Å². The lowest BCUT2D eigenvalue weighted by Gasteiger charge is -2.49. The Morgan fingerprint density at radius 2 is 2.11 bits per heavy atom. The van der Waals surface area contributed by atoms with Gasteiger partial charge in [0.05, 0.1) is 11.1 Å². The molecule has 0 atom stereocenters. The van der Waals surface area contributed by atoms with Crippen LogP contribution in [0.15, 0.2) is 6.20 Å². The fourth-order valence-electron chi connectivity index (χ4n) is 2.44. The van der Waals surface area contributed by atoms with Crippen LogP contribution in [0.5, 0.6) is 0 Å². The van der Waals surface area contributed by atoms with Gasteiger partial charge in [-0.05, 0) is 33.4 Å². The summed E-state index contributed by atoms with van der Waals surface area (Å²) in [4.78, 5) is 20.9. The van der Waals surface area contributed by atoms with Crippen LogP contribution >= 0.6 is 11.3 Å². The minimum absolute atomic E-state index is 0.0955. The van der Waals surface area contributed by atoms with E-state index in [9.17, 15) is 4.79 Å². The molecule has 0 spiro atoms. The number of aromatic nitrogens is 1. The first-order valence-corrected chi connectivity index (χ1v) is 7.12. The monoisotopic (exact) mass is 267 g/mol. The van der Waals surface area contributed by atoms with Gasteiger partial charge in [0.15, 0.2) is 10.9 Å². The number of thiazole rings is 1. The Morgan fingerprint density at radius 1 is 1.44 bits per heavy atom. The lowest BCUT2D eigenvalue weighted by atomic mass is 9.75. The van der Waals surface area contributed by atoms with Crippen molar-refractivity contribution in [1.29, 1.82) is 0 Å². The predicted molar refractivity (Wildman–Crippen MR) is 75.7 cm³/mol. The third-order valence-electron chi connectivity index (χ3n) is 3.93. The second-order valence-electron chi connectivity index (χ2n) is 5.39. The van der Waals surface area contributed by atoms with Crippen molar-refractivity contribution in [3.63, 3.8) is 0 Å². The molecule has 1 aromatic rings. The smallest absolute Gasteiger partial charge is 0.185 e. The Morgan fingerprint density at radius 3 is 2.50 bits per heavy atom. The number of carbonyl (C=O) groups is 1. The van der Waals surface area contributed by atoms with Gasteiger partial charge in [0.1, 0.15) is 0 Å². The second-order valence-corrected chi connectivity index (χ2v) is 6.40. The predicted octanol–water partition coefficient (Wildman–Crippen LogP) is 2.27. The summed E-state index contributed by atoms with van der Waals surface area (Å²) < 4.78 is 0. The molecule has 2 rings (SSSR count). The van der Waals surface area contributed by atoms with Gasteiger partial charge in [-0.1, -0.05) is 11.3 Å². The molecule has 0 bridgehead atoms. The summed E-state index contributed by atoms with van der Waals surface area (Å²) in [5.74, 6) is 0.0955. The number of rotatable bonds is 5. The maximum Gasteiger partial charge on any atom is 0.185 e. The molecule has 0 aliphatic heterocycles. The molecule has 1 heterocycles. The molecule has 18 heavy (non-hydrogen) atoms. The van der Waals surface area contributed by atoms with Gasteiger partial charge < -0.3 is 9.80 Å². The number of nitrogens with zero attached hydrogens (tertiary/aromatic N) is 3. The van der Waals surface area contributed by atoms with Crippen molar-refractivity contribution in [3.8, 4) is 0 Å². The summed E-state index contributed by atoms with van der Waals surface area (Å²) >= 11 is 1.48. The molecule has 0 aromatic carbocycles. The van der Waals surface area contributed by atoms with E-state index in [0.29, 0.717) is 0 Å². The van der Waals surface area contributed by atoms with Gasteiger partial charge in [0, 0.05) is 26.1 Å². The van der Waals surface area contributed by atoms with Crippen LogP contribution in [0, 0.1) is 0 Å². The first-order chi connectivity index (χ1) is 8.44. The van der Waals surface area contributed by atoms with Crippen molar-refractivity contribution in [1.82, 2.24) is 9.88 Å². The van der Waals surface area contributed by atoms with Crippen molar-refractivity contribution >= 4 is 22.3 Å². The van der Waals surface area contributed by atoms with Crippen molar-refractivity contribution < 1.29 is 4.79 Å². The molecule has 1 fully saturated rings. The van der Waals surface area contributed by atoms with Gasteiger partial charge in [-0.25, -0.2) is 4.98 Å². The summed E-state index contributed by atoms with van der Waals surface area (Å²) in [5, 5.41) is 0.938. The van der Waals surface area contributed by atoms with E-state index in [-0.39, 0.29) is 11.3 Å². The van der Waals surface area contributed by atoms with E-state index in [1.54, 1.807) is 13.1 Å². The highest BCUT2D eigenvalue weighted by Crippen LogP contribution is 2.37. The maximum atomic E-state index is 11.3. The van der Waals surface area contributed by atoms with E-state index in [1.807, 2.05) is 0 Å². The number of anilines is 1. The van der Waals surface area contributed by atoms with Crippen LogP contribution < -0.4 is 4.90 Å². The standard InChI is InChI=1S/C13H21N3OS/c1-10(17)11-8-14-12(18-11)16(4)9-13(15(2)3)6-5-7-13/h8H,5-7,9H2,1-4H3. The average molecular weight is 267 g/mol. The third kappa shape index (κ3) is 2.42. The molecule has 0 unspecified atom stereocenters. The van der Waals surface area contributed by atoms with Crippen LogP contribution in [0.3, 0.4) is 0 Å². The van der Waals surface area contributed by atoms with Crippen LogP contribution in [-0.2, 0) is 0 Å².